The molecule has 1 fully saturated rings. The van der Waals surface area contributed by atoms with Crippen LogP contribution in [0.5, 0.6) is 5.75 Å². The number of aromatic nitrogens is 1. The Hall–Kier alpha value is -4.02. The first-order valence-corrected chi connectivity index (χ1v) is 16.7. The van der Waals surface area contributed by atoms with Crippen LogP contribution in [0.2, 0.25) is 5.02 Å². The molecule has 11 heteroatoms. The van der Waals surface area contributed by atoms with Crippen LogP contribution in [0.15, 0.2) is 78.9 Å². The van der Waals surface area contributed by atoms with Gasteiger partial charge in [0.15, 0.2) is 0 Å². The Balaban J connectivity index is 1.26. The Morgan fingerprint density at radius 2 is 1.73 bits per heavy atom. The van der Waals surface area contributed by atoms with Gasteiger partial charge < -0.3 is 18.9 Å². The summed E-state index contributed by atoms with van der Waals surface area (Å²) in [6.07, 6.45) is 2.09. The van der Waals surface area contributed by atoms with E-state index >= 15 is 0 Å². The summed E-state index contributed by atoms with van der Waals surface area (Å²) in [7, 11) is -4.02. The number of nitrogens with one attached hydrogen (secondary N) is 1. The SMILES string of the molecule is Cc1c(C(=O)NS(=O)(=O)CC[C@H]2CCCCN2C(=O)OCc2ccccc2)n(CCOc2ccccc2)c2ccc(Cl)cc12. The molecule has 232 valence electrons. The van der Waals surface area contributed by atoms with Gasteiger partial charge in [-0.3, -0.25) is 4.79 Å². The first-order valence-electron chi connectivity index (χ1n) is 14.7. The number of benzene rings is 3. The number of piperidine rings is 1. The van der Waals surface area contributed by atoms with Crippen LogP contribution >= 0.6 is 11.6 Å². The van der Waals surface area contributed by atoms with Crippen LogP contribution in [-0.2, 0) is 27.9 Å². The lowest BCUT2D eigenvalue weighted by molar-refractivity contribution is 0.0672. The average molecular weight is 638 g/mol. The fourth-order valence-electron chi connectivity index (χ4n) is 5.67. The van der Waals surface area contributed by atoms with E-state index in [0.717, 1.165) is 29.3 Å². The fourth-order valence-corrected chi connectivity index (χ4v) is 6.90. The van der Waals surface area contributed by atoms with Crippen molar-refractivity contribution in [1.82, 2.24) is 14.2 Å². The minimum Gasteiger partial charge on any atom is -0.492 e. The van der Waals surface area contributed by atoms with Crippen LogP contribution in [0, 0.1) is 6.92 Å². The Bertz CT molecular complexity index is 1710. The number of rotatable bonds is 11. The molecule has 0 unspecified atom stereocenters. The Kier molecular flexibility index (Phi) is 10.1. The molecular formula is C33H36ClN3O6S. The highest BCUT2D eigenvalue weighted by molar-refractivity contribution is 7.90. The number of hydrogen-bond donors (Lipinski definition) is 1. The van der Waals surface area contributed by atoms with Crippen LogP contribution in [0.3, 0.4) is 0 Å². The molecule has 9 nitrogen and oxygen atoms in total. The zero-order valence-electron chi connectivity index (χ0n) is 24.6. The van der Waals surface area contributed by atoms with Gasteiger partial charge in [-0.05, 0) is 74.1 Å². The smallest absolute Gasteiger partial charge is 0.410 e. The van der Waals surface area contributed by atoms with Crippen LogP contribution in [-0.4, -0.2) is 54.8 Å². The number of hydrogen-bond acceptors (Lipinski definition) is 6. The van der Waals surface area contributed by atoms with E-state index in [4.69, 9.17) is 21.1 Å². The van der Waals surface area contributed by atoms with Crippen LogP contribution in [0.1, 0.15) is 47.3 Å². The van der Waals surface area contributed by atoms with Gasteiger partial charge in [0, 0.05) is 28.5 Å². The number of carbonyl (C=O) groups is 2. The van der Waals surface area contributed by atoms with Crippen molar-refractivity contribution < 1.29 is 27.5 Å². The predicted octanol–water partition coefficient (Wildman–Crippen LogP) is 6.32. The molecule has 0 radical (unpaired) electrons. The van der Waals surface area contributed by atoms with Crippen molar-refractivity contribution in [2.75, 3.05) is 18.9 Å². The van der Waals surface area contributed by atoms with Gasteiger partial charge in [-0.15, -0.1) is 0 Å². The van der Waals surface area contributed by atoms with Crippen LogP contribution in [0.4, 0.5) is 4.79 Å². The number of sulfonamides is 1. The third-order valence-corrected chi connectivity index (χ3v) is 9.36. The Morgan fingerprint density at radius 3 is 2.48 bits per heavy atom. The zero-order chi connectivity index (χ0) is 31.1. The minimum absolute atomic E-state index is 0.145. The van der Waals surface area contributed by atoms with E-state index in [-0.39, 0.29) is 37.1 Å². The topological polar surface area (TPSA) is 107 Å². The molecular weight excluding hydrogens is 602 g/mol. The standard InChI is InChI=1S/C33H36ClN3O6S/c1-24-29-22-26(34)15-16-30(29)37(19-20-42-28-13-6-3-7-14-28)31(24)32(38)35-44(40,41)21-17-27-12-8-9-18-36(27)33(39)43-23-25-10-4-2-5-11-25/h2-7,10-11,13-16,22,27H,8-9,12,17-21,23H2,1H3,(H,35,38)/t27-/m1/s1. The van der Waals surface area contributed by atoms with Crippen molar-refractivity contribution in [3.8, 4) is 5.75 Å². The van der Waals surface area contributed by atoms with Gasteiger partial charge in [0.2, 0.25) is 10.0 Å². The van der Waals surface area contributed by atoms with Gasteiger partial charge in [0.25, 0.3) is 5.91 Å². The molecule has 0 saturated carbocycles. The number of nitrogens with zero attached hydrogens (tertiary/aromatic N) is 2. The van der Waals surface area contributed by atoms with Crippen molar-refractivity contribution in [2.45, 2.75) is 51.8 Å². The van der Waals surface area contributed by atoms with E-state index in [9.17, 15) is 18.0 Å². The second kappa shape index (κ2) is 14.2. The third-order valence-electron chi connectivity index (χ3n) is 7.86. The summed E-state index contributed by atoms with van der Waals surface area (Å²) in [6, 6.07) is 23.7. The van der Waals surface area contributed by atoms with Crippen LogP contribution < -0.4 is 9.46 Å². The summed E-state index contributed by atoms with van der Waals surface area (Å²) in [6.45, 7) is 2.99. The van der Waals surface area contributed by atoms with Crippen molar-refractivity contribution in [3.63, 3.8) is 0 Å². The van der Waals surface area contributed by atoms with Gasteiger partial charge in [0.05, 0.1) is 12.3 Å². The van der Waals surface area contributed by atoms with E-state index in [2.05, 4.69) is 4.72 Å². The summed E-state index contributed by atoms with van der Waals surface area (Å²) in [5.41, 5.74) is 2.47. The van der Waals surface area contributed by atoms with Crippen LogP contribution in [0.25, 0.3) is 10.9 Å². The molecule has 1 aliphatic heterocycles. The highest BCUT2D eigenvalue weighted by Crippen LogP contribution is 2.29. The molecule has 4 aromatic rings. The molecule has 2 amide bonds. The monoisotopic (exact) mass is 637 g/mol. The number of amides is 2. The molecule has 3 aromatic carbocycles. The van der Waals surface area contributed by atoms with Gasteiger partial charge in [0.1, 0.15) is 24.7 Å². The highest BCUT2D eigenvalue weighted by Gasteiger charge is 2.30. The van der Waals surface area contributed by atoms with Crippen molar-refractivity contribution >= 4 is 44.5 Å². The Labute approximate surface area is 262 Å². The number of para-hydroxylation sites is 1. The number of ether oxygens (including phenoxy) is 2. The van der Waals surface area contributed by atoms with Gasteiger partial charge in [-0.1, -0.05) is 60.1 Å². The lowest BCUT2D eigenvalue weighted by Gasteiger charge is -2.34. The van der Waals surface area contributed by atoms with Gasteiger partial charge >= 0.3 is 6.09 Å². The second-order valence-electron chi connectivity index (χ2n) is 10.9. The summed E-state index contributed by atoms with van der Waals surface area (Å²) in [5, 5.41) is 1.27. The predicted molar refractivity (Wildman–Crippen MR) is 170 cm³/mol. The molecule has 5 rings (SSSR count). The van der Waals surface area contributed by atoms with E-state index in [1.54, 1.807) is 28.5 Å². The molecule has 0 aliphatic carbocycles. The summed E-state index contributed by atoms with van der Waals surface area (Å²) >= 11 is 6.26. The number of likely N-dealkylation sites (tertiary alicyclic amines) is 1. The number of carbonyl (C=O) groups excluding carboxylic acids is 2. The average Bonchev–Trinajstić information content (AvgIpc) is 3.30. The fraction of sp³-hybridized carbons (Fsp3) is 0.333. The van der Waals surface area contributed by atoms with Gasteiger partial charge in [-0.2, -0.15) is 0 Å². The molecule has 1 aromatic heterocycles. The molecule has 1 atom stereocenters. The van der Waals surface area contributed by atoms with E-state index in [1.165, 1.54) is 0 Å². The first kappa shape index (κ1) is 31.4. The highest BCUT2D eigenvalue weighted by atomic mass is 35.5. The second-order valence-corrected chi connectivity index (χ2v) is 13.1. The van der Waals surface area contributed by atoms with E-state index in [1.807, 2.05) is 66.7 Å². The largest absolute Gasteiger partial charge is 0.492 e. The van der Waals surface area contributed by atoms with Gasteiger partial charge in [-0.25, -0.2) is 17.9 Å². The Morgan fingerprint density at radius 1 is 1.00 bits per heavy atom. The summed E-state index contributed by atoms with van der Waals surface area (Å²) < 4.78 is 41.9. The number of fused-ring (bicyclic) bond motifs is 1. The van der Waals surface area contributed by atoms with E-state index < -0.39 is 22.0 Å². The quantitative estimate of drug-likeness (QED) is 0.206. The van der Waals surface area contributed by atoms with E-state index in [0.29, 0.717) is 35.8 Å². The zero-order valence-corrected chi connectivity index (χ0v) is 26.1. The molecule has 1 aliphatic rings. The molecule has 0 bridgehead atoms. The maximum Gasteiger partial charge on any atom is 0.410 e. The summed E-state index contributed by atoms with van der Waals surface area (Å²) in [5.74, 6) is -0.344. The van der Waals surface area contributed by atoms with Crippen molar-refractivity contribution in [2.24, 2.45) is 0 Å². The molecule has 44 heavy (non-hydrogen) atoms. The number of aryl methyl sites for hydroxylation is 1. The molecule has 0 spiro atoms. The minimum atomic E-state index is -4.02. The normalized spacial score (nSPS) is 15.2. The lowest BCUT2D eigenvalue weighted by atomic mass is 10.0. The first-order chi connectivity index (χ1) is 21.2. The maximum absolute atomic E-state index is 13.6. The number of halogens is 1. The summed E-state index contributed by atoms with van der Waals surface area (Å²) in [4.78, 5) is 28.1. The van der Waals surface area contributed by atoms with Crippen molar-refractivity contribution in [1.29, 1.82) is 0 Å². The molecule has 2 heterocycles. The lowest BCUT2D eigenvalue weighted by Crippen LogP contribution is -2.45. The third kappa shape index (κ3) is 7.73. The molecule has 1 N–H and O–H groups in total. The molecule has 1 saturated heterocycles. The maximum atomic E-state index is 13.6. The van der Waals surface area contributed by atoms with Crippen molar-refractivity contribution in [3.05, 3.63) is 101 Å².